The van der Waals surface area contributed by atoms with Crippen LogP contribution >= 0.6 is 11.6 Å². The average molecular weight is 349 g/mol. The molecule has 3 heterocycles. The Labute approximate surface area is 148 Å². The summed E-state index contributed by atoms with van der Waals surface area (Å²) in [6.07, 6.45) is 2.21. The van der Waals surface area contributed by atoms with Gasteiger partial charge in [0.2, 0.25) is 0 Å². The van der Waals surface area contributed by atoms with Gasteiger partial charge in [-0.25, -0.2) is 0 Å². The fourth-order valence-corrected chi connectivity index (χ4v) is 3.43. The molecule has 0 aliphatic carbocycles. The lowest BCUT2D eigenvalue weighted by Crippen LogP contribution is -2.46. The number of rotatable bonds is 5. The van der Waals surface area contributed by atoms with E-state index in [0.29, 0.717) is 17.2 Å². The van der Waals surface area contributed by atoms with E-state index in [1.54, 1.807) is 6.07 Å². The average Bonchev–Trinajstić information content (AvgIpc) is 2.86. The van der Waals surface area contributed by atoms with Crippen LogP contribution in [0.5, 0.6) is 0 Å². The first-order valence-electron chi connectivity index (χ1n) is 8.52. The summed E-state index contributed by atoms with van der Waals surface area (Å²) in [4.78, 5) is 2.27. The van der Waals surface area contributed by atoms with Gasteiger partial charge < -0.3 is 10.2 Å². The second kappa shape index (κ2) is 7.49. The predicted molar refractivity (Wildman–Crippen MR) is 96.6 cm³/mol. The number of halogens is 1. The van der Waals surface area contributed by atoms with Gasteiger partial charge in [-0.05, 0) is 51.8 Å². The number of hydrogen-bond acceptors (Lipinski definition) is 5. The van der Waals surface area contributed by atoms with E-state index in [1.807, 2.05) is 13.0 Å². The SMILES string of the molecule is Cc1cc(C)n(C[C@H](C)NC2CCN(c3ccc(Cl)nn3)CC2)n1. The molecule has 7 heteroatoms. The van der Waals surface area contributed by atoms with Gasteiger partial charge in [0.1, 0.15) is 0 Å². The Morgan fingerprint density at radius 1 is 1.25 bits per heavy atom. The molecule has 130 valence electrons. The smallest absolute Gasteiger partial charge is 0.151 e. The highest BCUT2D eigenvalue weighted by Gasteiger charge is 2.21. The molecule has 0 amide bonds. The van der Waals surface area contributed by atoms with Crippen LogP contribution in [0.15, 0.2) is 18.2 Å². The number of piperidine rings is 1. The van der Waals surface area contributed by atoms with Crippen molar-refractivity contribution in [2.75, 3.05) is 18.0 Å². The minimum absolute atomic E-state index is 0.398. The summed E-state index contributed by atoms with van der Waals surface area (Å²) in [6, 6.07) is 6.79. The molecule has 24 heavy (non-hydrogen) atoms. The van der Waals surface area contributed by atoms with Gasteiger partial charge in [-0.1, -0.05) is 11.6 Å². The fraction of sp³-hybridized carbons (Fsp3) is 0.588. The standard InChI is InChI=1S/C17H25ClN6/c1-12-10-14(3)24(22-12)11-13(2)19-15-6-8-23(9-7-15)17-5-4-16(18)20-21-17/h4-5,10,13,15,19H,6-9,11H2,1-3H3/t13-/m0/s1. The second-order valence-electron chi connectivity index (χ2n) is 6.65. The van der Waals surface area contributed by atoms with Gasteiger partial charge in [0.25, 0.3) is 0 Å². The van der Waals surface area contributed by atoms with Crippen LogP contribution in [0.4, 0.5) is 5.82 Å². The maximum absolute atomic E-state index is 5.80. The normalized spacial score (nSPS) is 17.2. The van der Waals surface area contributed by atoms with Gasteiger partial charge in [-0.2, -0.15) is 5.10 Å². The molecule has 1 aliphatic heterocycles. The molecule has 1 atom stereocenters. The minimum Gasteiger partial charge on any atom is -0.355 e. The van der Waals surface area contributed by atoms with Crippen molar-refractivity contribution in [3.05, 3.63) is 34.7 Å². The zero-order valence-electron chi connectivity index (χ0n) is 14.5. The molecule has 0 unspecified atom stereocenters. The topological polar surface area (TPSA) is 58.9 Å². The van der Waals surface area contributed by atoms with Gasteiger partial charge in [0.05, 0.1) is 12.2 Å². The van der Waals surface area contributed by atoms with Gasteiger partial charge in [0.15, 0.2) is 11.0 Å². The third-order valence-corrected chi connectivity index (χ3v) is 4.71. The van der Waals surface area contributed by atoms with E-state index >= 15 is 0 Å². The van der Waals surface area contributed by atoms with E-state index < -0.39 is 0 Å². The Hall–Kier alpha value is -1.66. The van der Waals surface area contributed by atoms with E-state index in [9.17, 15) is 0 Å². The monoisotopic (exact) mass is 348 g/mol. The zero-order valence-corrected chi connectivity index (χ0v) is 15.3. The van der Waals surface area contributed by atoms with Gasteiger partial charge in [-0.15, -0.1) is 10.2 Å². The van der Waals surface area contributed by atoms with E-state index in [4.69, 9.17) is 11.6 Å². The number of aryl methyl sites for hydroxylation is 2. The van der Waals surface area contributed by atoms with Crippen molar-refractivity contribution in [1.29, 1.82) is 0 Å². The van der Waals surface area contributed by atoms with Gasteiger partial charge >= 0.3 is 0 Å². The first-order valence-corrected chi connectivity index (χ1v) is 8.90. The summed E-state index contributed by atoms with van der Waals surface area (Å²) in [5.74, 6) is 0.911. The van der Waals surface area contributed by atoms with E-state index in [2.05, 4.69) is 50.1 Å². The molecule has 1 aliphatic rings. The van der Waals surface area contributed by atoms with Crippen LogP contribution in [0.2, 0.25) is 5.15 Å². The highest BCUT2D eigenvalue weighted by molar-refractivity contribution is 6.29. The maximum atomic E-state index is 5.80. The Morgan fingerprint density at radius 3 is 2.58 bits per heavy atom. The zero-order chi connectivity index (χ0) is 17.1. The fourth-order valence-electron chi connectivity index (χ4n) is 3.33. The van der Waals surface area contributed by atoms with Crippen molar-refractivity contribution in [1.82, 2.24) is 25.3 Å². The molecule has 0 radical (unpaired) electrons. The van der Waals surface area contributed by atoms with Crippen molar-refractivity contribution in [2.45, 2.75) is 52.2 Å². The Morgan fingerprint density at radius 2 is 2.00 bits per heavy atom. The predicted octanol–water partition coefficient (Wildman–Crippen LogP) is 2.59. The van der Waals surface area contributed by atoms with Crippen LogP contribution in [0.3, 0.4) is 0 Å². The largest absolute Gasteiger partial charge is 0.355 e. The lowest BCUT2D eigenvalue weighted by Gasteiger charge is -2.34. The summed E-state index contributed by atoms with van der Waals surface area (Å²) in [5.41, 5.74) is 2.30. The number of nitrogens with one attached hydrogen (secondary N) is 1. The Bertz CT molecular complexity index is 660. The van der Waals surface area contributed by atoms with E-state index in [1.165, 1.54) is 5.69 Å². The lowest BCUT2D eigenvalue weighted by molar-refractivity contribution is 0.345. The number of nitrogens with zero attached hydrogens (tertiary/aromatic N) is 5. The van der Waals surface area contributed by atoms with Crippen molar-refractivity contribution >= 4 is 17.4 Å². The highest BCUT2D eigenvalue weighted by atomic mass is 35.5. The molecule has 0 bridgehead atoms. The summed E-state index contributed by atoms with van der Waals surface area (Å²) in [6.45, 7) is 9.26. The molecule has 1 N–H and O–H groups in total. The number of aromatic nitrogens is 4. The van der Waals surface area contributed by atoms with E-state index in [0.717, 1.165) is 44.0 Å². The first kappa shape index (κ1) is 17.2. The van der Waals surface area contributed by atoms with Crippen molar-refractivity contribution in [2.24, 2.45) is 0 Å². The summed E-state index contributed by atoms with van der Waals surface area (Å²) < 4.78 is 2.09. The molecule has 3 rings (SSSR count). The molecule has 2 aromatic rings. The Balaban J connectivity index is 1.48. The molecule has 1 saturated heterocycles. The molecule has 6 nitrogen and oxygen atoms in total. The van der Waals surface area contributed by atoms with Crippen molar-refractivity contribution < 1.29 is 0 Å². The Kier molecular flexibility index (Phi) is 5.36. The highest BCUT2D eigenvalue weighted by Crippen LogP contribution is 2.18. The second-order valence-corrected chi connectivity index (χ2v) is 7.04. The van der Waals surface area contributed by atoms with Crippen LogP contribution in [0.1, 0.15) is 31.2 Å². The first-order chi connectivity index (χ1) is 11.5. The van der Waals surface area contributed by atoms with Crippen molar-refractivity contribution in [3.8, 4) is 0 Å². The number of anilines is 1. The molecule has 2 aromatic heterocycles. The lowest BCUT2D eigenvalue weighted by atomic mass is 10.0. The van der Waals surface area contributed by atoms with Crippen LogP contribution in [-0.2, 0) is 6.54 Å². The third-order valence-electron chi connectivity index (χ3n) is 4.51. The molecule has 1 fully saturated rings. The molecule has 0 aromatic carbocycles. The summed E-state index contributed by atoms with van der Waals surface area (Å²) in [5, 5.41) is 16.8. The van der Waals surface area contributed by atoms with Crippen LogP contribution in [0, 0.1) is 13.8 Å². The summed E-state index contributed by atoms with van der Waals surface area (Å²) >= 11 is 5.80. The summed E-state index contributed by atoms with van der Waals surface area (Å²) in [7, 11) is 0. The molecule has 0 spiro atoms. The van der Waals surface area contributed by atoms with Crippen LogP contribution in [-0.4, -0.2) is 45.2 Å². The van der Waals surface area contributed by atoms with E-state index in [-0.39, 0.29) is 0 Å². The van der Waals surface area contributed by atoms with Crippen LogP contribution < -0.4 is 10.2 Å². The van der Waals surface area contributed by atoms with Crippen LogP contribution in [0.25, 0.3) is 0 Å². The quantitative estimate of drug-likeness (QED) is 0.900. The van der Waals surface area contributed by atoms with Gasteiger partial charge in [-0.3, -0.25) is 4.68 Å². The third kappa shape index (κ3) is 4.24. The van der Waals surface area contributed by atoms with Crippen molar-refractivity contribution in [3.63, 3.8) is 0 Å². The molecular weight excluding hydrogens is 324 g/mol. The molecular formula is C17H25ClN6. The maximum Gasteiger partial charge on any atom is 0.151 e. The van der Waals surface area contributed by atoms with Gasteiger partial charge in [0, 0.05) is 30.9 Å². The minimum atomic E-state index is 0.398. The number of hydrogen-bond donors (Lipinski definition) is 1. The molecule has 0 saturated carbocycles.